The van der Waals surface area contributed by atoms with E-state index in [0.29, 0.717) is 22.4 Å². The lowest BCUT2D eigenvalue weighted by atomic mass is 10.0. The smallest absolute Gasteiger partial charge is 0.335 e. The standard InChI is InChI=1S/C10H10O4S/c1-6-7-4-5-15(13,14)9(7)3-2-8(6)10(11)12/h2-3H,4-5H2,1H3,(H,11,12). The Labute approximate surface area is 87.5 Å². The molecule has 4 nitrogen and oxygen atoms in total. The average Bonchev–Trinajstić information content (AvgIpc) is 2.43. The van der Waals surface area contributed by atoms with E-state index >= 15 is 0 Å². The molecular weight excluding hydrogens is 216 g/mol. The zero-order chi connectivity index (χ0) is 11.2. The molecule has 0 bridgehead atoms. The van der Waals surface area contributed by atoms with Gasteiger partial charge >= 0.3 is 5.97 Å². The number of aromatic carboxylic acids is 1. The zero-order valence-electron chi connectivity index (χ0n) is 8.15. The third kappa shape index (κ3) is 1.43. The van der Waals surface area contributed by atoms with Gasteiger partial charge in [0.25, 0.3) is 0 Å². The molecule has 15 heavy (non-hydrogen) atoms. The molecule has 1 aromatic carbocycles. The first-order chi connectivity index (χ1) is 6.93. The number of carboxylic acids is 1. The van der Waals surface area contributed by atoms with Crippen molar-refractivity contribution in [3.63, 3.8) is 0 Å². The van der Waals surface area contributed by atoms with Crippen LogP contribution in [-0.2, 0) is 16.3 Å². The van der Waals surface area contributed by atoms with Gasteiger partial charge in [0.05, 0.1) is 16.2 Å². The number of hydrogen-bond donors (Lipinski definition) is 1. The average molecular weight is 226 g/mol. The van der Waals surface area contributed by atoms with Gasteiger partial charge in [-0.25, -0.2) is 13.2 Å². The lowest BCUT2D eigenvalue weighted by Gasteiger charge is -2.05. The number of rotatable bonds is 1. The number of fused-ring (bicyclic) bond motifs is 1. The van der Waals surface area contributed by atoms with E-state index in [-0.39, 0.29) is 11.3 Å². The maximum absolute atomic E-state index is 11.5. The third-order valence-electron chi connectivity index (χ3n) is 2.74. The molecule has 0 aliphatic carbocycles. The summed E-state index contributed by atoms with van der Waals surface area (Å²) in [7, 11) is -3.16. The maximum Gasteiger partial charge on any atom is 0.335 e. The highest BCUT2D eigenvalue weighted by molar-refractivity contribution is 7.91. The summed E-state index contributed by atoms with van der Waals surface area (Å²) in [5.74, 6) is -0.925. The van der Waals surface area contributed by atoms with Crippen LogP contribution in [0.2, 0.25) is 0 Å². The van der Waals surface area contributed by atoms with Crippen molar-refractivity contribution in [2.45, 2.75) is 18.2 Å². The van der Waals surface area contributed by atoms with Gasteiger partial charge in [-0.05, 0) is 36.6 Å². The van der Waals surface area contributed by atoms with Crippen molar-refractivity contribution in [1.29, 1.82) is 0 Å². The van der Waals surface area contributed by atoms with E-state index in [1.54, 1.807) is 6.92 Å². The zero-order valence-corrected chi connectivity index (χ0v) is 8.97. The van der Waals surface area contributed by atoms with Crippen LogP contribution in [0.3, 0.4) is 0 Å². The van der Waals surface area contributed by atoms with Gasteiger partial charge < -0.3 is 5.11 Å². The van der Waals surface area contributed by atoms with Crippen LogP contribution in [0.4, 0.5) is 0 Å². The number of sulfone groups is 1. The van der Waals surface area contributed by atoms with E-state index in [0.717, 1.165) is 0 Å². The molecule has 0 atom stereocenters. The van der Waals surface area contributed by atoms with Crippen molar-refractivity contribution >= 4 is 15.8 Å². The fraction of sp³-hybridized carbons (Fsp3) is 0.300. The number of carbonyl (C=O) groups is 1. The van der Waals surface area contributed by atoms with Crippen molar-refractivity contribution < 1.29 is 18.3 Å². The first-order valence-electron chi connectivity index (χ1n) is 4.52. The minimum Gasteiger partial charge on any atom is -0.478 e. The summed E-state index contributed by atoms with van der Waals surface area (Å²) in [4.78, 5) is 11.1. The molecule has 0 radical (unpaired) electrons. The Bertz CT molecular complexity index is 543. The van der Waals surface area contributed by atoms with Gasteiger partial charge in [-0.15, -0.1) is 0 Å². The van der Waals surface area contributed by atoms with Gasteiger partial charge in [0.1, 0.15) is 0 Å². The molecule has 2 rings (SSSR count). The summed E-state index contributed by atoms with van der Waals surface area (Å²) in [6, 6.07) is 2.76. The van der Waals surface area contributed by atoms with Crippen LogP contribution in [0.5, 0.6) is 0 Å². The predicted octanol–water partition coefficient (Wildman–Crippen LogP) is 1.02. The SMILES string of the molecule is Cc1c(C(=O)O)ccc2c1CCS2(=O)=O. The van der Waals surface area contributed by atoms with Crippen molar-refractivity contribution in [2.24, 2.45) is 0 Å². The van der Waals surface area contributed by atoms with Crippen LogP contribution in [0.1, 0.15) is 21.5 Å². The highest BCUT2D eigenvalue weighted by Gasteiger charge is 2.29. The van der Waals surface area contributed by atoms with Crippen LogP contribution >= 0.6 is 0 Å². The van der Waals surface area contributed by atoms with Crippen molar-refractivity contribution in [2.75, 3.05) is 5.75 Å². The van der Waals surface area contributed by atoms with Crippen molar-refractivity contribution in [3.8, 4) is 0 Å². The molecule has 0 amide bonds. The molecule has 0 saturated carbocycles. The molecule has 5 heteroatoms. The molecule has 0 aromatic heterocycles. The topological polar surface area (TPSA) is 71.4 Å². The summed E-state index contributed by atoms with van der Waals surface area (Å²) < 4.78 is 23.1. The minimum atomic E-state index is -3.16. The minimum absolute atomic E-state index is 0.0895. The molecule has 1 aliphatic heterocycles. The van der Waals surface area contributed by atoms with E-state index < -0.39 is 15.8 Å². The fourth-order valence-corrected chi connectivity index (χ4v) is 3.51. The molecule has 0 fully saturated rings. The number of carboxylic acid groups (broad SMARTS) is 1. The first-order valence-corrected chi connectivity index (χ1v) is 6.17. The van der Waals surface area contributed by atoms with Gasteiger partial charge in [0, 0.05) is 0 Å². The molecule has 0 spiro atoms. The monoisotopic (exact) mass is 226 g/mol. The van der Waals surface area contributed by atoms with E-state index in [1.165, 1.54) is 12.1 Å². The van der Waals surface area contributed by atoms with E-state index in [1.807, 2.05) is 0 Å². The van der Waals surface area contributed by atoms with Crippen molar-refractivity contribution in [1.82, 2.24) is 0 Å². The summed E-state index contributed by atoms with van der Waals surface area (Å²) >= 11 is 0. The Morgan fingerprint density at radius 3 is 2.67 bits per heavy atom. The second kappa shape index (κ2) is 3.06. The molecule has 0 unspecified atom stereocenters. The number of hydrogen-bond acceptors (Lipinski definition) is 3. The largest absolute Gasteiger partial charge is 0.478 e. The van der Waals surface area contributed by atoms with Crippen LogP contribution in [0.15, 0.2) is 17.0 Å². The summed E-state index contributed by atoms with van der Waals surface area (Å²) in [6.07, 6.45) is 0.421. The third-order valence-corrected chi connectivity index (χ3v) is 4.54. The Balaban J connectivity index is 2.73. The summed E-state index contributed by atoms with van der Waals surface area (Å²) in [5.41, 5.74) is 1.42. The highest BCUT2D eigenvalue weighted by Crippen LogP contribution is 2.30. The van der Waals surface area contributed by atoms with Gasteiger partial charge in [-0.2, -0.15) is 0 Å². The Morgan fingerprint density at radius 1 is 1.40 bits per heavy atom. The Hall–Kier alpha value is -1.36. The first kappa shape index (κ1) is 10.2. The second-order valence-electron chi connectivity index (χ2n) is 3.59. The van der Waals surface area contributed by atoms with Crippen LogP contribution in [0, 0.1) is 6.92 Å². The normalized spacial score (nSPS) is 17.4. The Morgan fingerprint density at radius 2 is 2.07 bits per heavy atom. The fourth-order valence-electron chi connectivity index (χ4n) is 1.91. The quantitative estimate of drug-likeness (QED) is 0.776. The molecule has 0 saturated heterocycles. The maximum atomic E-state index is 11.5. The second-order valence-corrected chi connectivity index (χ2v) is 5.67. The lowest BCUT2D eigenvalue weighted by molar-refractivity contribution is 0.0696. The van der Waals surface area contributed by atoms with Crippen LogP contribution < -0.4 is 0 Å². The summed E-state index contributed by atoms with van der Waals surface area (Å²) in [6.45, 7) is 1.66. The number of benzene rings is 1. The molecule has 1 aliphatic rings. The van der Waals surface area contributed by atoms with Crippen LogP contribution in [-0.4, -0.2) is 25.2 Å². The highest BCUT2D eigenvalue weighted by atomic mass is 32.2. The van der Waals surface area contributed by atoms with Gasteiger partial charge in [-0.3, -0.25) is 0 Å². The van der Waals surface area contributed by atoms with E-state index in [4.69, 9.17) is 5.11 Å². The Kier molecular flexibility index (Phi) is 2.08. The van der Waals surface area contributed by atoms with E-state index in [2.05, 4.69) is 0 Å². The van der Waals surface area contributed by atoms with Gasteiger partial charge in [-0.1, -0.05) is 0 Å². The van der Waals surface area contributed by atoms with Crippen molar-refractivity contribution in [3.05, 3.63) is 28.8 Å². The molecule has 1 aromatic rings. The molecule has 1 N–H and O–H groups in total. The molecule has 1 heterocycles. The van der Waals surface area contributed by atoms with E-state index in [9.17, 15) is 13.2 Å². The van der Waals surface area contributed by atoms with Gasteiger partial charge in [0.15, 0.2) is 9.84 Å². The lowest BCUT2D eigenvalue weighted by Crippen LogP contribution is -2.03. The molecular formula is C10H10O4S. The van der Waals surface area contributed by atoms with Gasteiger partial charge in [0.2, 0.25) is 0 Å². The summed E-state index contributed by atoms with van der Waals surface area (Å²) in [5, 5.41) is 8.88. The predicted molar refractivity (Wildman–Crippen MR) is 53.9 cm³/mol. The molecule has 80 valence electrons. The van der Waals surface area contributed by atoms with Crippen LogP contribution in [0.25, 0.3) is 0 Å².